The van der Waals surface area contributed by atoms with Gasteiger partial charge in [-0.05, 0) is 38.5 Å². The Balaban J connectivity index is 2.86. The van der Waals surface area contributed by atoms with Gasteiger partial charge in [0, 0.05) is 6.04 Å². The molecule has 0 aliphatic heterocycles. The van der Waals surface area contributed by atoms with Crippen molar-refractivity contribution in [2.75, 3.05) is 12.0 Å². The Morgan fingerprint density at radius 3 is 2.61 bits per heavy atom. The molecule has 1 rings (SSSR count). The Bertz CT molecular complexity index is 559. The van der Waals surface area contributed by atoms with Crippen LogP contribution in [-0.2, 0) is 15.7 Å². The molecule has 0 heterocycles. The molecule has 0 amide bonds. The second-order valence-corrected chi connectivity index (χ2v) is 4.78. The number of amidine groups is 1. The molecule has 0 saturated heterocycles. The molecule has 0 spiro atoms. The van der Waals surface area contributed by atoms with Crippen LogP contribution in [0.2, 0.25) is 0 Å². The number of hydrogen-bond acceptors (Lipinski definition) is 4. The maximum absolute atomic E-state index is 12.7. The van der Waals surface area contributed by atoms with Gasteiger partial charge in [-0.15, -0.1) is 0 Å². The van der Waals surface area contributed by atoms with E-state index in [1.807, 2.05) is 13.8 Å². The zero-order valence-electron chi connectivity index (χ0n) is 13.2. The van der Waals surface area contributed by atoms with Crippen molar-refractivity contribution in [1.29, 1.82) is 0 Å². The summed E-state index contributed by atoms with van der Waals surface area (Å²) in [5.74, 6) is -0.758. The lowest BCUT2D eigenvalue weighted by Crippen LogP contribution is -2.37. The van der Waals surface area contributed by atoms with Crippen LogP contribution in [0.5, 0.6) is 0 Å². The van der Waals surface area contributed by atoms with Crippen molar-refractivity contribution < 1.29 is 22.7 Å². The van der Waals surface area contributed by atoms with Gasteiger partial charge in [-0.3, -0.25) is 15.8 Å². The molecule has 0 bridgehead atoms. The van der Waals surface area contributed by atoms with Gasteiger partial charge in [0.2, 0.25) is 5.84 Å². The molecular formula is C15H20F3N3O2. The zero-order chi connectivity index (χ0) is 17.5. The van der Waals surface area contributed by atoms with E-state index in [1.165, 1.54) is 12.1 Å². The zero-order valence-corrected chi connectivity index (χ0v) is 13.2. The predicted octanol–water partition coefficient (Wildman–Crippen LogP) is 3.38. The van der Waals surface area contributed by atoms with Gasteiger partial charge in [0.15, 0.2) is 0 Å². The van der Waals surface area contributed by atoms with Crippen LogP contribution in [0.25, 0.3) is 0 Å². The number of carbonyl (C=O) groups is 1. The molecule has 1 aromatic rings. The van der Waals surface area contributed by atoms with Crippen LogP contribution in [0.3, 0.4) is 0 Å². The summed E-state index contributed by atoms with van der Waals surface area (Å²) in [5.41, 5.74) is 4.43. The third kappa shape index (κ3) is 6.17. The second-order valence-electron chi connectivity index (χ2n) is 4.78. The summed E-state index contributed by atoms with van der Waals surface area (Å²) >= 11 is 0. The number of benzene rings is 1. The Morgan fingerprint density at radius 1 is 1.35 bits per heavy atom. The van der Waals surface area contributed by atoms with E-state index < -0.39 is 17.7 Å². The van der Waals surface area contributed by atoms with Crippen molar-refractivity contribution in [2.45, 2.75) is 39.4 Å². The summed E-state index contributed by atoms with van der Waals surface area (Å²) in [7, 11) is 0. The van der Waals surface area contributed by atoms with Crippen LogP contribution in [-0.4, -0.2) is 24.5 Å². The van der Waals surface area contributed by atoms with Crippen molar-refractivity contribution in [1.82, 2.24) is 5.43 Å². The molecule has 2 N–H and O–H groups in total. The average Bonchev–Trinajstić information content (AvgIpc) is 2.50. The van der Waals surface area contributed by atoms with E-state index in [9.17, 15) is 18.0 Å². The monoisotopic (exact) mass is 331 g/mol. The molecule has 23 heavy (non-hydrogen) atoms. The number of halogens is 3. The highest BCUT2D eigenvalue weighted by molar-refractivity contribution is 6.35. The molecule has 0 unspecified atom stereocenters. The highest BCUT2D eigenvalue weighted by atomic mass is 19.4. The quantitative estimate of drug-likeness (QED) is 0.376. The van der Waals surface area contributed by atoms with Gasteiger partial charge in [-0.1, -0.05) is 13.0 Å². The van der Waals surface area contributed by atoms with Crippen molar-refractivity contribution >= 4 is 17.5 Å². The maximum atomic E-state index is 12.7. The fourth-order valence-corrected chi connectivity index (χ4v) is 1.55. The van der Waals surface area contributed by atoms with E-state index in [4.69, 9.17) is 4.74 Å². The van der Waals surface area contributed by atoms with Crippen LogP contribution in [0.1, 0.15) is 32.8 Å². The van der Waals surface area contributed by atoms with Gasteiger partial charge < -0.3 is 4.74 Å². The number of aliphatic imine (C=N–C) groups is 1. The topological polar surface area (TPSA) is 62.7 Å². The summed E-state index contributed by atoms with van der Waals surface area (Å²) in [4.78, 5) is 16.0. The number of anilines is 1. The number of nitrogens with zero attached hydrogens (tertiary/aromatic N) is 1. The largest absolute Gasteiger partial charge is 0.460 e. The highest BCUT2D eigenvalue weighted by Crippen LogP contribution is 2.30. The summed E-state index contributed by atoms with van der Waals surface area (Å²) in [5, 5.41) is 0. The van der Waals surface area contributed by atoms with Gasteiger partial charge in [0.05, 0.1) is 17.9 Å². The number of nitrogens with one attached hydrogen (secondary N) is 2. The second kappa shape index (κ2) is 8.40. The van der Waals surface area contributed by atoms with Crippen molar-refractivity contribution in [2.24, 2.45) is 4.99 Å². The predicted molar refractivity (Wildman–Crippen MR) is 82.0 cm³/mol. The summed E-state index contributed by atoms with van der Waals surface area (Å²) in [6.45, 7) is 5.53. The fraction of sp³-hybridized carbons (Fsp3) is 0.467. The molecule has 1 atom stereocenters. The van der Waals surface area contributed by atoms with Gasteiger partial charge in [0.1, 0.15) is 0 Å². The van der Waals surface area contributed by atoms with E-state index in [-0.39, 0.29) is 24.2 Å². The number of esters is 1. The standard InChI is InChI=1S/C15H20F3N3O2/c1-4-10(3)19-13(14(22)23-5-2)21-20-12-8-6-7-11(9-12)15(16,17)18/h6-10,20H,4-5H2,1-3H3,(H,19,21)/t10-/m1/s1. The molecular weight excluding hydrogens is 311 g/mol. The summed E-state index contributed by atoms with van der Waals surface area (Å²) in [6.07, 6.45) is -3.74. The summed E-state index contributed by atoms with van der Waals surface area (Å²) < 4.78 is 42.9. The molecule has 0 aliphatic carbocycles. The van der Waals surface area contributed by atoms with Crippen molar-refractivity contribution in [3.63, 3.8) is 0 Å². The third-order valence-corrected chi connectivity index (χ3v) is 2.92. The molecule has 8 heteroatoms. The summed E-state index contributed by atoms with van der Waals surface area (Å²) in [6, 6.07) is 4.46. The van der Waals surface area contributed by atoms with Crippen LogP contribution in [0.4, 0.5) is 18.9 Å². The maximum Gasteiger partial charge on any atom is 0.416 e. The van der Waals surface area contributed by atoms with Gasteiger partial charge in [0.25, 0.3) is 0 Å². The Morgan fingerprint density at radius 2 is 2.04 bits per heavy atom. The van der Waals surface area contributed by atoms with E-state index in [0.717, 1.165) is 12.1 Å². The molecule has 0 fully saturated rings. The van der Waals surface area contributed by atoms with E-state index in [0.29, 0.717) is 6.42 Å². The van der Waals surface area contributed by atoms with Crippen LogP contribution < -0.4 is 10.9 Å². The van der Waals surface area contributed by atoms with Crippen molar-refractivity contribution in [3.05, 3.63) is 29.8 Å². The first-order valence-corrected chi connectivity index (χ1v) is 7.22. The first-order valence-electron chi connectivity index (χ1n) is 7.22. The lowest BCUT2D eigenvalue weighted by Gasteiger charge is -2.14. The van der Waals surface area contributed by atoms with Crippen LogP contribution in [0, 0.1) is 0 Å². The van der Waals surface area contributed by atoms with Gasteiger partial charge in [-0.25, -0.2) is 4.79 Å². The molecule has 0 saturated carbocycles. The first kappa shape index (κ1) is 18.8. The highest BCUT2D eigenvalue weighted by Gasteiger charge is 2.30. The van der Waals surface area contributed by atoms with E-state index in [2.05, 4.69) is 15.8 Å². The van der Waals surface area contributed by atoms with E-state index >= 15 is 0 Å². The molecule has 128 valence electrons. The number of carbonyl (C=O) groups excluding carboxylic acids is 1. The lowest BCUT2D eigenvalue weighted by molar-refractivity contribution is -0.137. The molecule has 0 aliphatic rings. The Labute approximate surface area is 132 Å². The van der Waals surface area contributed by atoms with Crippen molar-refractivity contribution in [3.8, 4) is 0 Å². The minimum absolute atomic E-state index is 0.0846. The van der Waals surface area contributed by atoms with E-state index in [1.54, 1.807) is 6.92 Å². The number of rotatable bonds is 5. The number of alkyl halides is 3. The minimum atomic E-state index is -4.44. The molecule has 5 nitrogen and oxygen atoms in total. The van der Waals surface area contributed by atoms with Gasteiger partial charge in [-0.2, -0.15) is 13.2 Å². The van der Waals surface area contributed by atoms with Gasteiger partial charge >= 0.3 is 12.1 Å². The van der Waals surface area contributed by atoms with Crippen LogP contribution >= 0.6 is 0 Å². The van der Waals surface area contributed by atoms with Crippen LogP contribution in [0.15, 0.2) is 29.3 Å². The normalized spacial score (nSPS) is 13.4. The Kier molecular flexibility index (Phi) is 6.87. The number of hydrogen-bond donors (Lipinski definition) is 2. The number of hydrazine groups is 1. The lowest BCUT2D eigenvalue weighted by atomic mass is 10.2. The SMILES string of the molecule is CCOC(=O)C(=N[C@H](C)CC)NNc1cccc(C(F)(F)F)c1. The Hall–Kier alpha value is -2.25. The molecule has 0 aromatic heterocycles. The number of ether oxygens (including phenoxy) is 1. The minimum Gasteiger partial charge on any atom is -0.460 e. The fourth-order valence-electron chi connectivity index (χ4n) is 1.55. The molecule has 0 radical (unpaired) electrons. The third-order valence-electron chi connectivity index (χ3n) is 2.92. The molecule has 1 aromatic carbocycles. The smallest absolute Gasteiger partial charge is 0.416 e. The average molecular weight is 331 g/mol. The first-order chi connectivity index (χ1) is 10.8.